The van der Waals surface area contributed by atoms with E-state index in [0.717, 1.165) is 5.56 Å². The lowest BCUT2D eigenvalue weighted by Crippen LogP contribution is -2.40. The van der Waals surface area contributed by atoms with E-state index >= 15 is 0 Å². The second-order valence-electron chi connectivity index (χ2n) is 8.96. The van der Waals surface area contributed by atoms with Gasteiger partial charge in [-0.1, -0.05) is 35.1 Å². The Morgan fingerprint density at radius 3 is 2.54 bits per heavy atom. The van der Waals surface area contributed by atoms with Gasteiger partial charge in [-0.15, -0.1) is 0 Å². The molecule has 0 spiro atoms. The van der Waals surface area contributed by atoms with E-state index in [1.807, 2.05) is 0 Å². The topological polar surface area (TPSA) is 109 Å². The van der Waals surface area contributed by atoms with Gasteiger partial charge in [-0.3, -0.25) is 9.36 Å². The molecule has 0 fully saturated rings. The fourth-order valence-corrected chi connectivity index (χ4v) is 5.81. The molecule has 0 saturated carbocycles. The van der Waals surface area contributed by atoms with Crippen LogP contribution in [0.5, 0.6) is 5.75 Å². The molecule has 0 aliphatic carbocycles. The van der Waals surface area contributed by atoms with E-state index in [0.29, 0.717) is 55.1 Å². The van der Waals surface area contributed by atoms with Gasteiger partial charge in [0.05, 0.1) is 42.2 Å². The lowest BCUT2D eigenvalue weighted by molar-refractivity contribution is -0.136. The maximum atomic E-state index is 13.8. The third kappa shape index (κ3) is 5.36. The molecule has 5 rings (SSSR count). The van der Waals surface area contributed by atoms with Gasteiger partial charge in [0.1, 0.15) is 23.3 Å². The van der Waals surface area contributed by atoms with Gasteiger partial charge >= 0.3 is 11.9 Å². The zero-order valence-electron chi connectivity index (χ0n) is 22.6. The fourth-order valence-electron chi connectivity index (χ4n) is 4.61. The van der Waals surface area contributed by atoms with Gasteiger partial charge in [0.15, 0.2) is 4.80 Å². The molecule has 0 amide bonds. The smallest absolute Gasteiger partial charge is 0.338 e. The lowest BCUT2D eigenvalue weighted by Gasteiger charge is -2.25. The maximum Gasteiger partial charge on any atom is 0.338 e. The van der Waals surface area contributed by atoms with Crippen LogP contribution in [0.25, 0.3) is 17.4 Å². The number of aromatic nitrogens is 1. The van der Waals surface area contributed by atoms with Crippen LogP contribution in [0.15, 0.2) is 80.1 Å². The van der Waals surface area contributed by atoms with E-state index in [9.17, 15) is 14.4 Å². The molecule has 2 aromatic carbocycles. The summed E-state index contributed by atoms with van der Waals surface area (Å²) in [6.07, 6.45) is 1.63. The van der Waals surface area contributed by atoms with E-state index in [-0.39, 0.29) is 11.1 Å². The predicted octanol–water partition coefficient (Wildman–Crippen LogP) is 4.51. The number of nitrogens with zero attached hydrogens (tertiary/aromatic N) is 2. The number of rotatable bonds is 7. The summed E-state index contributed by atoms with van der Waals surface area (Å²) in [5.41, 5.74) is 1.98. The summed E-state index contributed by atoms with van der Waals surface area (Å²) in [6, 6.07) is 14.5. The number of hydrogen-bond donors (Lipinski definition) is 0. The summed E-state index contributed by atoms with van der Waals surface area (Å²) in [7, 11) is 2.78. The normalized spacial score (nSPS) is 14.9. The molecule has 2 aromatic heterocycles. The lowest BCUT2D eigenvalue weighted by atomic mass is 9.95. The van der Waals surface area contributed by atoms with Crippen molar-refractivity contribution in [1.82, 2.24) is 4.57 Å². The Bertz CT molecular complexity index is 1870. The molecule has 4 aromatic rings. The van der Waals surface area contributed by atoms with E-state index in [4.69, 9.17) is 30.2 Å². The molecular weight excluding hydrogens is 568 g/mol. The Labute approximate surface area is 243 Å². The number of esters is 2. The molecule has 0 unspecified atom stereocenters. The minimum Gasteiger partial charge on any atom is -0.496 e. The molecule has 0 saturated heterocycles. The van der Waals surface area contributed by atoms with Crippen molar-refractivity contribution >= 4 is 41.0 Å². The average molecular weight is 593 g/mol. The third-order valence-electron chi connectivity index (χ3n) is 6.49. The number of furan rings is 1. The second kappa shape index (κ2) is 11.6. The number of ether oxygens (including phenoxy) is 3. The highest BCUT2D eigenvalue weighted by Crippen LogP contribution is 2.37. The van der Waals surface area contributed by atoms with E-state index in [2.05, 4.69) is 4.99 Å². The van der Waals surface area contributed by atoms with Crippen LogP contribution in [0.3, 0.4) is 0 Å². The van der Waals surface area contributed by atoms with Gasteiger partial charge < -0.3 is 18.6 Å². The van der Waals surface area contributed by atoms with Crippen molar-refractivity contribution < 1.29 is 28.2 Å². The molecule has 0 radical (unpaired) electrons. The Morgan fingerprint density at radius 2 is 1.85 bits per heavy atom. The second-order valence-corrected chi connectivity index (χ2v) is 10.4. The van der Waals surface area contributed by atoms with E-state index in [1.165, 1.54) is 30.1 Å². The summed E-state index contributed by atoms with van der Waals surface area (Å²) >= 11 is 7.49. The van der Waals surface area contributed by atoms with Gasteiger partial charge in [0.2, 0.25) is 0 Å². The largest absolute Gasteiger partial charge is 0.496 e. The minimum atomic E-state index is -0.875. The van der Waals surface area contributed by atoms with Gasteiger partial charge in [0, 0.05) is 22.2 Å². The highest BCUT2D eigenvalue weighted by Gasteiger charge is 2.35. The highest BCUT2D eigenvalue weighted by atomic mass is 35.5. The van der Waals surface area contributed by atoms with Gasteiger partial charge in [-0.05, 0) is 56.3 Å². The Kier molecular flexibility index (Phi) is 7.96. The maximum absolute atomic E-state index is 13.8. The first-order chi connectivity index (χ1) is 19.7. The number of halogens is 1. The number of methoxy groups -OCH3 is 2. The van der Waals surface area contributed by atoms with Crippen LogP contribution in [0, 0.1) is 0 Å². The molecule has 1 aliphatic heterocycles. The van der Waals surface area contributed by atoms with Crippen LogP contribution in [0.4, 0.5) is 0 Å². The Morgan fingerprint density at radius 1 is 1.10 bits per heavy atom. The summed E-state index contributed by atoms with van der Waals surface area (Å²) in [4.78, 5) is 43.7. The Balaban J connectivity index is 1.59. The first kappa shape index (κ1) is 28.1. The van der Waals surface area contributed by atoms with Crippen LogP contribution in [-0.2, 0) is 14.3 Å². The quantitative estimate of drug-likeness (QED) is 0.291. The van der Waals surface area contributed by atoms with Crippen LogP contribution >= 0.6 is 22.9 Å². The summed E-state index contributed by atoms with van der Waals surface area (Å²) in [6.45, 7) is 3.74. The number of hydrogen-bond acceptors (Lipinski definition) is 9. The highest BCUT2D eigenvalue weighted by molar-refractivity contribution is 7.07. The number of benzene rings is 2. The number of carbonyl (C=O) groups is 2. The molecule has 9 nitrogen and oxygen atoms in total. The van der Waals surface area contributed by atoms with E-state index in [1.54, 1.807) is 74.5 Å². The Hall–Kier alpha value is -4.41. The number of fused-ring (bicyclic) bond motifs is 1. The van der Waals surface area contributed by atoms with Crippen LogP contribution in [0.1, 0.15) is 41.6 Å². The van der Waals surface area contributed by atoms with Crippen molar-refractivity contribution in [3.63, 3.8) is 0 Å². The molecule has 3 heterocycles. The fraction of sp³-hybridized carbons (Fsp3) is 0.200. The summed E-state index contributed by atoms with van der Waals surface area (Å²) in [5.74, 6) is 0.450. The van der Waals surface area contributed by atoms with Crippen molar-refractivity contribution in [2.24, 2.45) is 4.99 Å². The SMILES string of the molecule is CCOC(=O)c1ccc(-c2ccc(/C=c3\sc4n(c3=O)[C@H](c3cc(Cl)ccc3OC)C(C(=O)OC)=C(C)N=4)o2)cc1. The molecule has 0 N–H and O–H groups in total. The van der Waals surface area contributed by atoms with Crippen molar-refractivity contribution in [1.29, 1.82) is 0 Å². The number of thiazole rings is 1. The number of carbonyl (C=O) groups excluding carboxylic acids is 2. The van der Waals surface area contributed by atoms with Crippen molar-refractivity contribution in [2.75, 3.05) is 20.8 Å². The zero-order valence-corrected chi connectivity index (χ0v) is 24.2. The molecule has 1 atom stereocenters. The summed E-state index contributed by atoms with van der Waals surface area (Å²) < 4.78 is 23.5. The zero-order chi connectivity index (χ0) is 29.3. The molecule has 41 heavy (non-hydrogen) atoms. The first-order valence-corrected chi connectivity index (χ1v) is 13.8. The van der Waals surface area contributed by atoms with Gasteiger partial charge in [-0.25, -0.2) is 14.6 Å². The van der Waals surface area contributed by atoms with Crippen LogP contribution in [0.2, 0.25) is 5.02 Å². The monoisotopic (exact) mass is 592 g/mol. The van der Waals surface area contributed by atoms with Crippen LogP contribution in [-0.4, -0.2) is 37.3 Å². The predicted molar refractivity (Wildman–Crippen MR) is 154 cm³/mol. The third-order valence-corrected chi connectivity index (χ3v) is 7.71. The molecular formula is C30H25ClN2O7S. The standard InChI is InChI=1S/C30H25ClN2O7S/c1-5-39-28(35)18-8-6-17(7-9-18)22-13-11-20(40-22)15-24-27(34)33-26(21-14-19(31)10-12-23(21)37-3)25(29(36)38-4)16(2)32-30(33)41-24/h6-15,26H,5H2,1-4H3/b24-15-/t26-/m1/s1. The van der Waals surface area contributed by atoms with Crippen molar-refractivity contribution in [3.8, 4) is 17.1 Å². The van der Waals surface area contributed by atoms with Crippen LogP contribution < -0.4 is 19.6 Å². The molecule has 1 aliphatic rings. The summed E-state index contributed by atoms with van der Waals surface area (Å²) in [5, 5.41) is 0.417. The molecule has 0 bridgehead atoms. The van der Waals surface area contributed by atoms with E-state index < -0.39 is 18.0 Å². The molecule has 11 heteroatoms. The van der Waals surface area contributed by atoms with Crippen molar-refractivity contribution in [3.05, 3.63) is 107 Å². The number of allylic oxidation sites excluding steroid dienone is 1. The molecule has 210 valence electrons. The van der Waals surface area contributed by atoms with Gasteiger partial charge in [-0.2, -0.15) is 0 Å². The van der Waals surface area contributed by atoms with Gasteiger partial charge in [0.25, 0.3) is 5.56 Å². The minimum absolute atomic E-state index is 0.207. The van der Waals surface area contributed by atoms with Crippen molar-refractivity contribution in [2.45, 2.75) is 19.9 Å². The average Bonchev–Trinajstić information content (AvgIpc) is 3.56. The first-order valence-electron chi connectivity index (χ1n) is 12.6.